The van der Waals surface area contributed by atoms with Crippen LogP contribution in [0.4, 0.5) is 0 Å². The second-order valence-electron chi connectivity index (χ2n) is 8.17. The van der Waals surface area contributed by atoms with Crippen molar-refractivity contribution in [2.75, 3.05) is 17.3 Å². The molecule has 0 radical (unpaired) electrons. The summed E-state index contributed by atoms with van der Waals surface area (Å²) in [6, 6.07) is 0. The molecule has 0 amide bonds. The Morgan fingerprint density at radius 2 is 1.56 bits per heavy atom. The van der Waals surface area contributed by atoms with E-state index in [1.807, 2.05) is 0 Å². The first-order valence-corrected chi connectivity index (χ1v) is 10.5. The highest BCUT2D eigenvalue weighted by Gasteiger charge is 2.83. The first kappa shape index (κ1) is 10.3. The summed E-state index contributed by atoms with van der Waals surface area (Å²) in [5.41, 5.74) is 0. The Hall–Kier alpha value is 0.350. The van der Waals surface area contributed by atoms with Gasteiger partial charge >= 0.3 is 0 Å². The van der Waals surface area contributed by atoms with E-state index in [4.69, 9.17) is 0 Å². The van der Waals surface area contributed by atoms with Crippen LogP contribution in [0.5, 0.6) is 0 Å². The maximum Gasteiger partial charge on any atom is -0.0137 e. The standard InChI is InChI=1S/C15H28S/c1-10-4-13(5-11(10)2)6-14-8-16(7-12(16)3)9-15(14)16/h10-16H,4-9H2,1-3H3. The van der Waals surface area contributed by atoms with E-state index in [-0.39, 0.29) is 0 Å². The Bertz CT molecular complexity index is 341. The van der Waals surface area contributed by atoms with E-state index in [1.165, 1.54) is 16.4 Å². The van der Waals surface area contributed by atoms with E-state index in [0.717, 1.165) is 17.8 Å². The smallest absolute Gasteiger partial charge is 0.0137 e. The highest BCUT2D eigenvalue weighted by molar-refractivity contribution is 8.62. The molecule has 4 aliphatic rings. The van der Waals surface area contributed by atoms with Crippen molar-refractivity contribution in [3.63, 3.8) is 0 Å². The van der Waals surface area contributed by atoms with Crippen LogP contribution in [0.15, 0.2) is 0 Å². The molecule has 4 fully saturated rings. The molecule has 0 aromatic heterocycles. The lowest BCUT2D eigenvalue weighted by Gasteiger charge is -2.44. The van der Waals surface area contributed by atoms with E-state index >= 15 is 0 Å². The van der Waals surface area contributed by atoms with Crippen molar-refractivity contribution >= 4 is 9.16 Å². The van der Waals surface area contributed by atoms with Gasteiger partial charge in [-0.1, -0.05) is 20.8 Å². The maximum atomic E-state index is 2.56. The molecule has 4 rings (SSSR count). The molecule has 0 nitrogen and oxygen atoms in total. The van der Waals surface area contributed by atoms with Gasteiger partial charge in [-0.15, -0.1) is 0 Å². The van der Waals surface area contributed by atoms with E-state index in [2.05, 4.69) is 20.8 Å². The molecule has 3 saturated heterocycles. The van der Waals surface area contributed by atoms with Crippen LogP contribution in [0.3, 0.4) is 0 Å². The van der Waals surface area contributed by atoms with Crippen molar-refractivity contribution < 1.29 is 0 Å². The van der Waals surface area contributed by atoms with Crippen LogP contribution in [0.2, 0.25) is 0 Å². The Labute approximate surface area is 101 Å². The minimum absolute atomic E-state index is 0.768. The molecule has 0 aromatic rings. The average molecular weight is 240 g/mol. The van der Waals surface area contributed by atoms with Crippen LogP contribution < -0.4 is 0 Å². The van der Waals surface area contributed by atoms with E-state index in [0.29, 0.717) is 0 Å². The van der Waals surface area contributed by atoms with Gasteiger partial charge in [0.1, 0.15) is 0 Å². The molecule has 1 spiro atoms. The molecule has 5 unspecified atom stereocenters. The molecule has 94 valence electrons. The van der Waals surface area contributed by atoms with Crippen molar-refractivity contribution in [3.8, 4) is 0 Å². The fourth-order valence-electron chi connectivity index (χ4n) is 6.01. The van der Waals surface area contributed by atoms with Gasteiger partial charge in [0, 0.05) is 0 Å². The lowest BCUT2D eigenvalue weighted by molar-refractivity contribution is 0.388. The van der Waals surface area contributed by atoms with Gasteiger partial charge in [0.25, 0.3) is 0 Å². The van der Waals surface area contributed by atoms with Crippen LogP contribution in [0, 0.1) is 23.7 Å². The molecule has 5 atom stereocenters. The summed E-state index contributed by atoms with van der Waals surface area (Å²) in [5, 5.41) is 2.56. The lowest BCUT2D eigenvalue weighted by Crippen LogP contribution is -2.29. The average Bonchev–Trinajstić information content (AvgIpc) is 2.93. The van der Waals surface area contributed by atoms with Crippen LogP contribution >= 0.6 is 9.16 Å². The molecule has 1 heteroatoms. The Morgan fingerprint density at radius 3 is 2.00 bits per heavy atom. The van der Waals surface area contributed by atoms with Crippen LogP contribution in [0.1, 0.15) is 40.0 Å². The highest BCUT2D eigenvalue weighted by Crippen LogP contribution is 3.07. The normalized spacial score (nSPS) is 61.8. The van der Waals surface area contributed by atoms with Crippen LogP contribution in [-0.4, -0.2) is 27.8 Å². The second kappa shape index (κ2) is 2.68. The molecule has 3 aliphatic heterocycles. The lowest BCUT2D eigenvalue weighted by atomic mass is 9.91. The third-order valence-corrected chi connectivity index (χ3v) is 15.7. The zero-order valence-corrected chi connectivity index (χ0v) is 12.0. The molecule has 1 aliphatic carbocycles. The largest absolute Gasteiger partial charge is 0.275 e. The third-order valence-electron chi connectivity index (χ3n) is 7.47. The molecule has 16 heavy (non-hydrogen) atoms. The molecular weight excluding hydrogens is 212 g/mol. The molecule has 0 bridgehead atoms. The van der Waals surface area contributed by atoms with Crippen LogP contribution in [-0.2, 0) is 0 Å². The monoisotopic (exact) mass is 240 g/mol. The van der Waals surface area contributed by atoms with E-state index < -0.39 is 9.16 Å². The first-order valence-electron chi connectivity index (χ1n) is 7.54. The maximum absolute atomic E-state index is 2.56. The van der Waals surface area contributed by atoms with Crippen molar-refractivity contribution in [1.82, 2.24) is 0 Å². The molecule has 0 N–H and O–H groups in total. The topological polar surface area (TPSA) is 0 Å². The fraction of sp³-hybridized carbons (Fsp3) is 1.00. The fourth-order valence-corrected chi connectivity index (χ4v) is 15.3. The Morgan fingerprint density at radius 1 is 0.938 bits per heavy atom. The number of rotatable bonds is 2. The zero-order chi connectivity index (χ0) is 11.2. The van der Waals surface area contributed by atoms with Gasteiger partial charge in [0.15, 0.2) is 0 Å². The zero-order valence-electron chi connectivity index (χ0n) is 11.2. The van der Waals surface area contributed by atoms with E-state index in [1.54, 1.807) is 36.5 Å². The van der Waals surface area contributed by atoms with Crippen molar-refractivity contribution in [3.05, 3.63) is 0 Å². The van der Waals surface area contributed by atoms with Crippen molar-refractivity contribution in [1.29, 1.82) is 0 Å². The van der Waals surface area contributed by atoms with Crippen molar-refractivity contribution in [2.45, 2.75) is 50.5 Å². The predicted molar refractivity (Wildman–Crippen MR) is 76.0 cm³/mol. The van der Waals surface area contributed by atoms with E-state index in [9.17, 15) is 0 Å². The number of thiol groups is 1. The number of hydrogen-bond acceptors (Lipinski definition) is 0. The number of hydrogen-bond donors (Lipinski definition) is 1. The highest BCUT2D eigenvalue weighted by atomic mass is 32.3. The summed E-state index contributed by atoms with van der Waals surface area (Å²) in [6.07, 6.45) is 4.73. The summed E-state index contributed by atoms with van der Waals surface area (Å²) in [4.78, 5) is 0. The van der Waals surface area contributed by atoms with Gasteiger partial charge in [-0.25, -0.2) is 0 Å². The SMILES string of the molecule is CC1CC(CC2C[SH]34(CC3C)CC24)CC1C. The molecule has 0 aromatic carbocycles. The van der Waals surface area contributed by atoms with Gasteiger partial charge in [0.05, 0.1) is 0 Å². The summed E-state index contributed by atoms with van der Waals surface area (Å²) in [7, 11) is -0.768. The quantitative estimate of drug-likeness (QED) is 0.554. The molecular formula is C15H28S. The summed E-state index contributed by atoms with van der Waals surface area (Å²) in [6.45, 7) is 7.51. The summed E-state index contributed by atoms with van der Waals surface area (Å²) in [5.74, 6) is 9.61. The van der Waals surface area contributed by atoms with Crippen molar-refractivity contribution in [2.24, 2.45) is 23.7 Å². The summed E-state index contributed by atoms with van der Waals surface area (Å²) >= 11 is 0. The summed E-state index contributed by atoms with van der Waals surface area (Å²) < 4.78 is 0. The third kappa shape index (κ3) is 1.01. The predicted octanol–water partition coefficient (Wildman–Crippen LogP) is 3.55. The first-order chi connectivity index (χ1) is 7.54. The Kier molecular flexibility index (Phi) is 1.72. The minimum Gasteiger partial charge on any atom is -0.275 e. The van der Waals surface area contributed by atoms with Gasteiger partial charge in [-0.05, 0) is 70.7 Å². The molecule has 1 saturated carbocycles. The molecule has 3 heterocycles. The van der Waals surface area contributed by atoms with Crippen LogP contribution in [0.25, 0.3) is 0 Å². The Balaban J connectivity index is 1.35. The van der Waals surface area contributed by atoms with Gasteiger partial charge in [-0.2, -0.15) is 0 Å². The van der Waals surface area contributed by atoms with Gasteiger partial charge in [0.2, 0.25) is 0 Å². The van der Waals surface area contributed by atoms with Gasteiger partial charge < -0.3 is 0 Å². The van der Waals surface area contributed by atoms with Gasteiger partial charge in [-0.3, -0.25) is 9.16 Å². The minimum atomic E-state index is -0.768. The second-order valence-corrected chi connectivity index (χ2v) is 14.6.